The third-order valence-corrected chi connectivity index (χ3v) is 10.4. The third kappa shape index (κ3) is 3.83. The topological polar surface area (TPSA) is 75.1 Å². The second-order valence-corrected chi connectivity index (χ2v) is 12.5. The zero-order valence-corrected chi connectivity index (χ0v) is 21.8. The second kappa shape index (κ2) is 8.72. The average Bonchev–Trinajstić information content (AvgIpc) is 3.11. The van der Waals surface area contributed by atoms with E-state index < -0.39 is 0 Å². The predicted octanol–water partition coefficient (Wildman–Crippen LogP) is 4.83. The summed E-state index contributed by atoms with van der Waals surface area (Å²) in [5.41, 5.74) is 7.29. The van der Waals surface area contributed by atoms with Crippen molar-refractivity contribution in [1.82, 2.24) is 15.5 Å². The number of aromatic nitrogens is 2. The molecule has 0 spiro atoms. The lowest BCUT2D eigenvalue weighted by atomic mass is 9.47. The molecule has 0 radical (unpaired) electrons. The van der Waals surface area contributed by atoms with Crippen LogP contribution in [-0.2, 0) is 23.1 Å². The third-order valence-electron chi connectivity index (χ3n) is 10.4. The van der Waals surface area contributed by atoms with Crippen LogP contribution in [0.15, 0.2) is 11.6 Å². The van der Waals surface area contributed by atoms with Crippen molar-refractivity contribution in [2.24, 2.45) is 29.1 Å². The highest BCUT2D eigenvalue weighted by atomic mass is 16.3. The first-order valence-electron chi connectivity index (χ1n) is 13.6. The summed E-state index contributed by atoms with van der Waals surface area (Å²) in [6.07, 6.45) is 12.0. The van der Waals surface area contributed by atoms with E-state index in [1.165, 1.54) is 29.7 Å². The van der Waals surface area contributed by atoms with E-state index in [4.69, 9.17) is 10.2 Å². The molecule has 7 atom stereocenters. The van der Waals surface area contributed by atoms with Crippen molar-refractivity contribution in [2.45, 2.75) is 104 Å². The smallest absolute Gasteiger partial charge is 0.216 e. The van der Waals surface area contributed by atoms with Crippen molar-refractivity contribution >= 4 is 5.91 Å². The number of aliphatic hydroxyl groups excluding tert-OH is 1. The quantitative estimate of drug-likeness (QED) is 0.611. The van der Waals surface area contributed by atoms with Crippen LogP contribution < -0.4 is 5.32 Å². The van der Waals surface area contributed by atoms with Gasteiger partial charge < -0.3 is 10.4 Å². The Hall–Kier alpha value is -1.75. The zero-order valence-electron chi connectivity index (χ0n) is 21.8. The number of aliphatic hydroxyl groups is 1. The Bertz CT molecular complexity index is 1000. The average molecular weight is 466 g/mol. The minimum Gasteiger partial charge on any atom is -0.393 e. The van der Waals surface area contributed by atoms with E-state index in [1.54, 1.807) is 12.5 Å². The molecule has 2 fully saturated rings. The van der Waals surface area contributed by atoms with Gasteiger partial charge in [-0.25, -0.2) is 0 Å². The first-order chi connectivity index (χ1) is 16.1. The Labute approximate surface area is 205 Å². The van der Waals surface area contributed by atoms with Gasteiger partial charge in [0.05, 0.1) is 17.5 Å². The van der Waals surface area contributed by atoms with E-state index in [-0.39, 0.29) is 22.8 Å². The lowest BCUT2D eigenvalue weighted by Crippen LogP contribution is -2.51. The molecule has 186 valence electrons. The molecule has 5 heteroatoms. The van der Waals surface area contributed by atoms with Crippen LogP contribution in [0.5, 0.6) is 0 Å². The number of aryl methyl sites for hydroxylation is 1. The van der Waals surface area contributed by atoms with Crippen LogP contribution in [0, 0.1) is 36.0 Å². The van der Waals surface area contributed by atoms with Gasteiger partial charge in [0.1, 0.15) is 0 Å². The SMILES string of the molecule is CC(=O)NC[C@H](C)CCc1nnc2c(c1C)[C@]1(C)CC[C@@H]3[C@H](CC=C4C[C@H](O)CC[C@]43C)[C@H]1C2. The summed E-state index contributed by atoms with van der Waals surface area (Å²) < 4.78 is 0. The van der Waals surface area contributed by atoms with Gasteiger partial charge in [-0.05, 0) is 110 Å². The van der Waals surface area contributed by atoms with Crippen LogP contribution in [0.25, 0.3) is 0 Å². The highest BCUT2D eigenvalue weighted by Crippen LogP contribution is 2.64. The van der Waals surface area contributed by atoms with Gasteiger partial charge in [-0.3, -0.25) is 4.79 Å². The minimum absolute atomic E-state index is 0.0397. The van der Waals surface area contributed by atoms with Crippen LogP contribution in [0.3, 0.4) is 0 Å². The van der Waals surface area contributed by atoms with Crippen molar-refractivity contribution in [1.29, 1.82) is 0 Å². The van der Waals surface area contributed by atoms with Gasteiger partial charge in [-0.1, -0.05) is 32.4 Å². The molecule has 0 saturated heterocycles. The number of carbonyl (C=O) groups is 1. The summed E-state index contributed by atoms with van der Waals surface area (Å²) in [5.74, 6) is 2.55. The Morgan fingerprint density at radius 2 is 1.94 bits per heavy atom. The summed E-state index contributed by atoms with van der Waals surface area (Å²) >= 11 is 0. The molecule has 0 aliphatic heterocycles. The summed E-state index contributed by atoms with van der Waals surface area (Å²) in [5, 5.41) is 22.8. The molecule has 2 N–H and O–H groups in total. The van der Waals surface area contributed by atoms with E-state index in [2.05, 4.69) is 39.1 Å². The van der Waals surface area contributed by atoms with Gasteiger partial charge in [0.2, 0.25) is 5.91 Å². The number of rotatable bonds is 5. The Balaban J connectivity index is 1.37. The molecule has 4 aliphatic rings. The maximum absolute atomic E-state index is 11.2. The monoisotopic (exact) mass is 465 g/mol. The van der Waals surface area contributed by atoms with E-state index in [9.17, 15) is 9.90 Å². The van der Waals surface area contributed by atoms with Crippen LogP contribution in [-0.4, -0.2) is 33.9 Å². The van der Waals surface area contributed by atoms with Gasteiger partial charge in [0.25, 0.3) is 0 Å². The van der Waals surface area contributed by atoms with Crippen molar-refractivity contribution in [3.05, 3.63) is 34.2 Å². The first kappa shape index (κ1) is 24.0. The lowest BCUT2D eigenvalue weighted by molar-refractivity contribution is -0.119. The number of hydrogen-bond donors (Lipinski definition) is 2. The Kier molecular flexibility index (Phi) is 6.15. The van der Waals surface area contributed by atoms with Gasteiger partial charge in [0.15, 0.2) is 0 Å². The van der Waals surface area contributed by atoms with Gasteiger partial charge >= 0.3 is 0 Å². The molecule has 1 aromatic heterocycles. The Morgan fingerprint density at radius 3 is 2.71 bits per heavy atom. The lowest BCUT2D eigenvalue weighted by Gasteiger charge is -2.57. The van der Waals surface area contributed by atoms with Crippen LogP contribution >= 0.6 is 0 Å². The van der Waals surface area contributed by atoms with Crippen LogP contribution in [0.1, 0.15) is 95.2 Å². The van der Waals surface area contributed by atoms with Crippen molar-refractivity contribution < 1.29 is 9.90 Å². The van der Waals surface area contributed by atoms with Crippen molar-refractivity contribution in [3.63, 3.8) is 0 Å². The predicted molar refractivity (Wildman–Crippen MR) is 134 cm³/mol. The normalized spacial score (nSPS) is 37.1. The van der Waals surface area contributed by atoms with E-state index in [0.29, 0.717) is 17.8 Å². The molecule has 0 unspecified atom stereocenters. The molecule has 0 aromatic carbocycles. The van der Waals surface area contributed by atoms with E-state index in [1.807, 2.05) is 0 Å². The first-order valence-corrected chi connectivity index (χ1v) is 13.6. The zero-order chi connectivity index (χ0) is 24.3. The highest BCUT2D eigenvalue weighted by Gasteiger charge is 2.58. The van der Waals surface area contributed by atoms with Gasteiger partial charge in [0, 0.05) is 13.5 Å². The summed E-state index contributed by atoms with van der Waals surface area (Å²) in [6.45, 7) is 11.8. The maximum Gasteiger partial charge on any atom is 0.216 e. The molecule has 34 heavy (non-hydrogen) atoms. The largest absolute Gasteiger partial charge is 0.393 e. The number of carbonyl (C=O) groups excluding carboxylic acids is 1. The molecule has 4 aliphatic carbocycles. The summed E-state index contributed by atoms with van der Waals surface area (Å²) in [4.78, 5) is 11.2. The molecule has 2 saturated carbocycles. The summed E-state index contributed by atoms with van der Waals surface area (Å²) in [6, 6.07) is 0. The Morgan fingerprint density at radius 1 is 1.18 bits per heavy atom. The molecule has 5 rings (SSSR count). The van der Waals surface area contributed by atoms with Crippen LogP contribution in [0.4, 0.5) is 0 Å². The minimum atomic E-state index is -0.141. The molecular formula is C29H43N3O2. The summed E-state index contributed by atoms with van der Waals surface area (Å²) in [7, 11) is 0. The van der Waals surface area contributed by atoms with Crippen LogP contribution in [0.2, 0.25) is 0 Å². The number of allylic oxidation sites excluding steroid dienone is 1. The van der Waals surface area contributed by atoms with Gasteiger partial charge in [-0.2, -0.15) is 10.2 Å². The fourth-order valence-electron chi connectivity index (χ4n) is 8.41. The van der Waals surface area contributed by atoms with Gasteiger partial charge in [-0.15, -0.1) is 0 Å². The number of amides is 1. The van der Waals surface area contributed by atoms with Crippen molar-refractivity contribution in [3.8, 4) is 0 Å². The number of nitrogens with one attached hydrogen (secondary N) is 1. The number of hydrogen-bond acceptors (Lipinski definition) is 4. The second-order valence-electron chi connectivity index (χ2n) is 12.5. The standard InChI is InChI=1S/C29H43N3O2/c1-17(16-30-19(3)33)6-9-25-18(2)27-26(32-31-25)15-24-22-8-7-20-14-21(34)10-12-28(20,4)23(22)11-13-29(24,27)5/h7,17,21-24,34H,6,8-16H2,1-5H3,(H,30,33)/t17-,21-,22+,23-,24-,28-,29-/m1/s1. The fraction of sp³-hybridized carbons (Fsp3) is 0.759. The molecule has 5 nitrogen and oxygen atoms in total. The highest BCUT2D eigenvalue weighted by molar-refractivity contribution is 5.72. The van der Waals surface area contributed by atoms with Crippen molar-refractivity contribution in [2.75, 3.05) is 6.54 Å². The molecule has 1 amide bonds. The van der Waals surface area contributed by atoms with E-state index >= 15 is 0 Å². The number of nitrogens with zero attached hydrogens (tertiary/aromatic N) is 2. The molecule has 1 heterocycles. The molecule has 1 aromatic rings. The molecule has 0 bridgehead atoms. The van der Waals surface area contributed by atoms with E-state index in [0.717, 1.165) is 63.1 Å². The maximum atomic E-state index is 11.2. The number of fused-ring (bicyclic) bond motifs is 7. The fourth-order valence-corrected chi connectivity index (χ4v) is 8.41. The molecular weight excluding hydrogens is 422 g/mol.